The van der Waals surface area contributed by atoms with Gasteiger partial charge in [0, 0.05) is 13.1 Å². The fourth-order valence-electron chi connectivity index (χ4n) is 6.58. The fraction of sp³-hybridized carbons (Fsp3) is 0.750. The van der Waals surface area contributed by atoms with Crippen LogP contribution < -0.4 is 21.9 Å². The molecule has 1 amide bonds. The maximum absolute atomic E-state index is 13.2. The standard InChI is InChI=1S/C24H36N4O5/c1-3-5-7-27(20-21(25)28(6-4-2)24(32)26-22(20)30)18(29)13-33-23(31)19-16-9-14-8-15(11-16)12-17(19)10-14/h14-17,19H,3-13,25H2,1-2H3,(H,26,30,32). The number of nitrogen functional groups attached to an aromatic ring is 1. The molecule has 182 valence electrons. The summed E-state index contributed by atoms with van der Waals surface area (Å²) in [6.45, 7) is 4.01. The minimum absolute atomic E-state index is 0.0394. The van der Waals surface area contributed by atoms with Gasteiger partial charge < -0.3 is 15.4 Å². The van der Waals surface area contributed by atoms with Crippen molar-refractivity contribution in [3.8, 4) is 0 Å². The fourth-order valence-corrected chi connectivity index (χ4v) is 6.58. The first-order chi connectivity index (χ1) is 15.8. The number of hydrogen-bond acceptors (Lipinski definition) is 6. The molecular weight excluding hydrogens is 424 g/mol. The molecule has 0 saturated heterocycles. The first-order valence-electron chi connectivity index (χ1n) is 12.4. The second-order valence-corrected chi connectivity index (χ2v) is 10.1. The number of carbonyl (C=O) groups is 2. The van der Waals surface area contributed by atoms with Crippen molar-refractivity contribution >= 4 is 23.4 Å². The van der Waals surface area contributed by atoms with Crippen molar-refractivity contribution < 1.29 is 14.3 Å². The lowest BCUT2D eigenvalue weighted by molar-refractivity contribution is -0.164. The van der Waals surface area contributed by atoms with Crippen LogP contribution >= 0.6 is 0 Å². The van der Waals surface area contributed by atoms with Gasteiger partial charge in [-0.25, -0.2) is 4.79 Å². The predicted octanol–water partition coefficient (Wildman–Crippen LogP) is 2.28. The number of amides is 1. The molecule has 5 rings (SSSR count). The summed E-state index contributed by atoms with van der Waals surface area (Å²) in [7, 11) is 0. The topological polar surface area (TPSA) is 127 Å². The molecule has 0 atom stereocenters. The average molecular weight is 461 g/mol. The number of nitrogens with one attached hydrogen (secondary N) is 1. The van der Waals surface area contributed by atoms with Crippen molar-refractivity contribution in [1.29, 1.82) is 0 Å². The van der Waals surface area contributed by atoms with Crippen LogP contribution in [0.5, 0.6) is 0 Å². The van der Waals surface area contributed by atoms with Crippen molar-refractivity contribution in [1.82, 2.24) is 9.55 Å². The lowest BCUT2D eigenvalue weighted by Gasteiger charge is -2.53. The highest BCUT2D eigenvalue weighted by Gasteiger charge is 2.51. The molecular formula is C24H36N4O5. The van der Waals surface area contributed by atoms with Gasteiger partial charge >= 0.3 is 11.7 Å². The molecule has 4 bridgehead atoms. The summed E-state index contributed by atoms with van der Waals surface area (Å²) in [5.41, 5.74) is 4.82. The molecule has 0 aliphatic heterocycles. The Kier molecular flexibility index (Phi) is 6.95. The van der Waals surface area contributed by atoms with E-state index in [-0.39, 0.29) is 29.9 Å². The monoisotopic (exact) mass is 460 g/mol. The Hall–Kier alpha value is -2.58. The van der Waals surface area contributed by atoms with Crippen molar-refractivity contribution in [2.75, 3.05) is 23.8 Å². The summed E-state index contributed by atoms with van der Waals surface area (Å²) in [6.07, 6.45) is 7.74. The number of esters is 1. The smallest absolute Gasteiger partial charge is 0.330 e. The van der Waals surface area contributed by atoms with Gasteiger partial charge in [-0.2, -0.15) is 0 Å². The van der Waals surface area contributed by atoms with Crippen molar-refractivity contribution in [3.63, 3.8) is 0 Å². The number of ether oxygens (including phenoxy) is 1. The van der Waals surface area contributed by atoms with E-state index in [9.17, 15) is 19.2 Å². The molecule has 3 N–H and O–H groups in total. The zero-order valence-corrected chi connectivity index (χ0v) is 19.7. The van der Waals surface area contributed by atoms with Crippen LogP contribution in [0, 0.1) is 29.6 Å². The van der Waals surface area contributed by atoms with Crippen LogP contribution in [0.1, 0.15) is 65.2 Å². The Labute approximate surface area is 193 Å². The molecule has 4 saturated carbocycles. The zero-order valence-electron chi connectivity index (χ0n) is 19.7. The summed E-state index contributed by atoms with van der Waals surface area (Å²) in [5.74, 6) is 1.29. The molecule has 0 aromatic carbocycles. The van der Waals surface area contributed by atoms with E-state index in [0.29, 0.717) is 31.2 Å². The van der Waals surface area contributed by atoms with E-state index in [1.54, 1.807) is 0 Å². The van der Waals surface area contributed by atoms with Gasteiger partial charge in [0.05, 0.1) is 5.92 Å². The number of carbonyl (C=O) groups excluding carboxylic acids is 2. The molecule has 9 heteroatoms. The van der Waals surface area contributed by atoms with Crippen LogP contribution in [0.15, 0.2) is 9.59 Å². The number of nitrogens with two attached hydrogens (primary N) is 1. The van der Waals surface area contributed by atoms with Gasteiger partial charge in [0.25, 0.3) is 11.5 Å². The van der Waals surface area contributed by atoms with Gasteiger partial charge in [0.15, 0.2) is 12.3 Å². The van der Waals surface area contributed by atoms with E-state index in [4.69, 9.17) is 10.5 Å². The van der Waals surface area contributed by atoms with Gasteiger partial charge in [0.2, 0.25) is 0 Å². The Morgan fingerprint density at radius 2 is 1.70 bits per heavy atom. The largest absolute Gasteiger partial charge is 0.455 e. The minimum atomic E-state index is -0.707. The second kappa shape index (κ2) is 9.73. The Bertz CT molecular complexity index is 985. The van der Waals surface area contributed by atoms with Crippen molar-refractivity contribution in [2.45, 2.75) is 71.8 Å². The van der Waals surface area contributed by atoms with E-state index in [1.165, 1.54) is 15.9 Å². The van der Waals surface area contributed by atoms with Crippen molar-refractivity contribution in [2.24, 2.45) is 29.6 Å². The molecule has 1 aromatic heterocycles. The molecule has 9 nitrogen and oxygen atoms in total. The van der Waals surface area contributed by atoms with Crippen LogP contribution in [-0.2, 0) is 20.9 Å². The molecule has 1 heterocycles. The van der Waals surface area contributed by atoms with E-state index in [1.807, 2.05) is 13.8 Å². The van der Waals surface area contributed by atoms with Crippen LogP contribution in [0.2, 0.25) is 0 Å². The highest BCUT2D eigenvalue weighted by Crippen LogP contribution is 2.56. The SMILES string of the molecule is CCCCN(C(=O)COC(=O)C1C2CC3CC(C2)CC1C3)c1c(N)n(CCC)c(=O)[nH]c1=O. The van der Waals surface area contributed by atoms with Crippen molar-refractivity contribution in [3.05, 3.63) is 20.8 Å². The van der Waals surface area contributed by atoms with Crippen LogP contribution in [-0.4, -0.2) is 34.6 Å². The van der Waals surface area contributed by atoms with Gasteiger partial charge in [0.1, 0.15) is 5.82 Å². The second-order valence-electron chi connectivity index (χ2n) is 10.1. The minimum Gasteiger partial charge on any atom is -0.455 e. The van der Waals surface area contributed by atoms with Crippen LogP contribution in [0.3, 0.4) is 0 Å². The Morgan fingerprint density at radius 1 is 1.06 bits per heavy atom. The van der Waals surface area contributed by atoms with Gasteiger partial charge in [-0.3, -0.25) is 23.9 Å². The van der Waals surface area contributed by atoms with Gasteiger partial charge in [-0.15, -0.1) is 0 Å². The third-order valence-electron chi connectivity index (χ3n) is 7.80. The van der Waals surface area contributed by atoms with E-state index in [0.717, 1.165) is 43.9 Å². The molecule has 33 heavy (non-hydrogen) atoms. The van der Waals surface area contributed by atoms with Crippen LogP contribution in [0.4, 0.5) is 11.5 Å². The quantitative estimate of drug-likeness (QED) is 0.544. The van der Waals surface area contributed by atoms with E-state index in [2.05, 4.69) is 4.98 Å². The Balaban J connectivity index is 1.50. The summed E-state index contributed by atoms with van der Waals surface area (Å²) >= 11 is 0. The third kappa shape index (κ3) is 4.59. The molecule has 0 spiro atoms. The maximum Gasteiger partial charge on any atom is 0.330 e. The number of H-pyrrole nitrogens is 1. The molecule has 0 radical (unpaired) electrons. The number of aromatic amines is 1. The molecule has 1 aromatic rings. The molecule has 4 fully saturated rings. The normalized spacial score (nSPS) is 27.5. The highest BCUT2D eigenvalue weighted by molar-refractivity contribution is 5.97. The zero-order chi connectivity index (χ0) is 23.7. The third-order valence-corrected chi connectivity index (χ3v) is 7.80. The van der Waals surface area contributed by atoms with E-state index < -0.39 is 23.8 Å². The number of rotatable bonds is 9. The number of aromatic nitrogens is 2. The Morgan fingerprint density at radius 3 is 2.27 bits per heavy atom. The summed E-state index contributed by atoms with van der Waals surface area (Å²) in [6, 6.07) is 0. The first kappa shape index (κ1) is 23.6. The number of anilines is 2. The van der Waals surface area contributed by atoms with E-state index >= 15 is 0 Å². The number of hydrogen-bond donors (Lipinski definition) is 2. The molecule has 0 unspecified atom stereocenters. The number of nitrogens with zero attached hydrogens (tertiary/aromatic N) is 2. The van der Waals surface area contributed by atoms with Gasteiger partial charge in [-0.05, 0) is 68.6 Å². The average Bonchev–Trinajstić information content (AvgIpc) is 2.76. The molecule has 4 aliphatic carbocycles. The highest BCUT2D eigenvalue weighted by atomic mass is 16.5. The van der Waals surface area contributed by atoms with Crippen LogP contribution in [0.25, 0.3) is 0 Å². The lowest BCUT2D eigenvalue weighted by atomic mass is 9.52. The number of unbranched alkanes of at least 4 members (excludes halogenated alkanes) is 1. The lowest BCUT2D eigenvalue weighted by Crippen LogP contribution is -2.49. The summed E-state index contributed by atoms with van der Waals surface area (Å²) in [5, 5.41) is 0. The molecule has 4 aliphatic rings. The summed E-state index contributed by atoms with van der Waals surface area (Å²) < 4.78 is 6.81. The first-order valence-corrected chi connectivity index (χ1v) is 12.4. The van der Waals surface area contributed by atoms with Gasteiger partial charge in [-0.1, -0.05) is 20.3 Å². The summed E-state index contributed by atoms with van der Waals surface area (Å²) in [4.78, 5) is 54.5. The maximum atomic E-state index is 13.2. The predicted molar refractivity (Wildman–Crippen MR) is 125 cm³/mol.